The summed E-state index contributed by atoms with van der Waals surface area (Å²) in [5.74, 6) is 1.61. The molecule has 1 aliphatic heterocycles. The normalized spacial score (nSPS) is 23.1. The Labute approximate surface area is 102 Å². The first kappa shape index (κ1) is 12.2. The van der Waals surface area contributed by atoms with Crippen molar-refractivity contribution in [2.45, 2.75) is 38.3 Å². The summed E-state index contributed by atoms with van der Waals surface area (Å²) in [6.45, 7) is 5.03. The minimum absolute atomic E-state index is 0.0576. The van der Waals surface area contributed by atoms with Crippen molar-refractivity contribution in [3.63, 3.8) is 0 Å². The summed E-state index contributed by atoms with van der Waals surface area (Å²) in [5.41, 5.74) is -0.0576. The number of nitrogens with zero attached hydrogens (tertiary/aromatic N) is 1. The van der Waals surface area contributed by atoms with Gasteiger partial charge in [-0.25, -0.2) is 4.98 Å². The van der Waals surface area contributed by atoms with Crippen molar-refractivity contribution in [1.82, 2.24) is 4.98 Å². The molecular weight excluding hydrogens is 216 g/mol. The maximum atomic E-state index is 5.70. The predicted molar refractivity (Wildman–Crippen MR) is 67.5 cm³/mol. The highest BCUT2D eigenvalue weighted by Gasteiger charge is 2.29. The molecule has 0 amide bonds. The standard InChI is InChI=1S/C13H20N2O2/c1-13(2)9-10(6-8-17-13)15-12-11(16-3)5-4-7-14-12/h4-5,7,10H,6,8-9H2,1-3H3,(H,14,15). The van der Waals surface area contributed by atoms with Crippen LogP contribution in [-0.4, -0.2) is 30.3 Å². The number of rotatable bonds is 3. The van der Waals surface area contributed by atoms with Crippen molar-refractivity contribution in [1.29, 1.82) is 0 Å². The summed E-state index contributed by atoms with van der Waals surface area (Å²) >= 11 is 0. The number of pyridine rings is 1. The van der Waals surface area contributed by atoms with Crippen LogP contribution in [0, 0.1) is 0 Å². The Balaban J connectivity index is 2.05. The van der Waals surface area contributed by atoms with Crippen molar-refractivity contribution in [3.05, 3.63) is 18.3 Å². The average Bonchev–Trinajstić information content (AvgIpc) is 2.28. The molecule has 0 aromatic carbocycles. The van der Waals surface area contributed by atoms with Gasteiger partial charge in [0, 0.05) is 18.8 Å². The highest BCUT2D eigenvalue weighted by molar-refractivity contribution is 5.50. The summed E-state index contributed by atoms with van der Waals surface area (Å²) in [4.78, 5) is 4.31. The first-order valence-corrected chi connectivity index (χ1v) is 6.00. The molecule has 1 aliphatic rings. The number of hydrogen-bond acceptors (Lipinski definition) is 4. The van der Waals surface area contributed by atoms with E-state index in [0.717, 1.165) is 31.0 Å². The second-order valence-electron chi connectivity index (χ2n) is 5.00. The van der Waals surface area contributed by atoms with Crippen LogP contribution in [-0.2, 0) is 4.74 Å². The van der Waals surface area contributed by atoms with Crippen LogP contribution in [0.5, 0.6) is 5.75 Å². The van der Waals surface area contributed by atoms with Gasteiger partial charge in [0.25, 0.3) is 0 Å². The molecule has 0 spiro atoms. The SMILES string of the molecule is COc1cccnc1NC1CCOC(C)(C)C1. The molecule has 1 N–H and O–H groups in total. The molecule has 0 radical (unpaired) electrons. The lowest BCUT2D eigenvalue weighted by atomic mass is 9.94. The van der Waals surface area contributed by atoms with Crippen LogP contribution < -0.4 is 10.1 Å². The maximum Gasteiger partial charge on any atom is 0.168 e. The van der Waals surface area contributed by atoms with Crippen LogP contribution in [0.15, 0.2) is 18.3 Å². The van der Waals surface area contributed by atoms with E-state index in [2.05, 4.69) is 24.1 Å². The van der Waals surface area contributed by atoms with Gasteiger partial charge < -0.3 is 14.8 Å². The zero-order valence-electron chi connectivity index (χ0n) is 10.7. The number of hydrogen-bond donors (Lipinski definition) is 1. The smallest absolute Gasteiger partial charge is 0.168 e. The van der Waals surface area contributed by atoms with Crippen LogP contribution in [0.1, 0.15) is 26.7 Å². The van der Waals surface area contributed by atoms with Crippen LogP contribution in [0.3, 0.4) is 0 Å². The molecule has 2 heterocycles. The third-order valence-corrected chi connectivity index (χ3v) is 3.03. The van der Waals surface area contributed by atoms with E-state index in [1.807, 2.05) is 12.1 Å². The van der Waals surface area contributed by atoms with E-state index in [-0.39, 0.29) is 5.60 Å². The molecule has 1 aromatic rings. The van der Waals surface area contributed by atoms with Gasteiger partial charge in [0.05, 0.1) is 12.7 Å². The molecule has 0 aliphatic carbocycles. The van der Waals surface area contributed by atoms with Crippen LogP contribution in [0.25, 0.3) is 0 Å². The third kappa shape index (κ3) is 3.09. The van der Waals surface area contributed by atoms with Gasteiger partial charge in [-0.05, 0) is 38.8 Å². The minimum Gasteiger partial charge on any atom is -0.493 e. The molecule has 0 bridgehead atoms. The second kappa shape index (κ2) is 4.92. The summed E-state index contributed by atoms with van der Waals surface area (Å²) in [6, 6.07) is 4.18. The monoisotopic (exact) mass is 236 g/mol. The Bertz CT molecular complexity index is 379. The Morgan fingerprint density at radius 3 is 3.06 bits per heavy atom. The number of anilines is 1. The molecule has 17 heavy (non-hydrogen) atoms. The minimum atomic E-state index is -0.0576. The van der Waals surface area contributed by atoms with Crippen LogP contribution in [0.2, 0.25) is 0 Å². The molecule has 1 aromatic heterocycles. The van der Waals surface area contributed by atoms with Gasteiger partial charge in [-0.3, -0.25) is 0 Å². The molecule has 4 nitrogen and oxygen atoms in total. The van der Waals surface area contributed by atoms with Crippen LogP contribution in [0.4, 0.5) is 5.82 Å². The molecule has 4 heteroatoms. The Morgan fingerprint density at radius 1 is 1.53 bits per heavy atom. The fourth-order valence-corrected chi connectivity index (χ4v) is 2.21. The van der Waals surface area contributed by atoms with E-state index in [0.29, 0.717) is 6.04 Å². The molecule has 1 unspecified atom stereocenters. The van der Waals surface area contributed by atoms with E-state index >= 15 is 0 Å². The zero-order chi connectivity index (χ0) is 12.3. The fourth-order valence-electron chi connectivity index (χ4n) is 2.21. The van der Waals surface area contributed by atoms with Crippen LogP contribution >= 0.6 is 0 Å². The maximum absolute atomic E-state index is 5.70. The Hall–Kier alpha value is -1.29. The largest absolute Gasteiger partial charge is 0.493 e. The lowest BCUT2D eigenvalue weighted by molar-refractivity contribution is -0.0553. The van der Waals surface area contributed by atoms with E-state index in [1.165, 1.54) is 0 Å². The Morgan fingerprint density at radius 2 is 2.35 bits per heavy atom. The van der Waals surface area contributed by atoms with E-state index < -0.39 is 0 Å². The zero-order valence-corrected chi connectivity index (χ0v) is 10.7. The summed E-state index contributed by atoms with van der Waals surface area (Å²) < 4.78 is 11.0. The highest BCUT2D eigenvalue weighted by atomic mass is 16.5. The van der Waals surface area contributed by atoms with E-state index in [1.54, 1.807) is 13.3 Å². The van der Waals surface area contributed by atoms with Crippen molar-refractivity contribution >= 4 is 5.82 Å². The summed E-state index contributed by atoms with van der Waals surface area (Å²) in [6.07, 6.45) is 3.76. The van der Waals surface area contributed by atoms with Gasteiger partial charge in [0.2, 0.25) is 0 Å². The van der Waals surface area contributed by atoms with Crippen molar-refractivity contribution < 1.29 is 9.47 Å². The number of aromatic nitrogens is 1. The fraction of sp³-hybridized carbons (Fsp3) is 0.615. The van der Waals surface area contributed by atoms with Crippen molar-refractivity contribution in [2.75, 3.05) is 19.0 Å². The molecule has 1 fully saturated rings. The average molecular weight is 236 g/mol. The molecular formula is C13H20N2O2. The topological polar surface area (TPSA) is 43.4 Å². The number of nitrogens with one attached hydrogen (secondary N) is 1. The van der Waals surface area contributed by atoms with E-state index in [9.17, 15) is 0 Å². The lowest BCUT2D eigenvalue weighted by Crippen LogP contribution is -2.40. The van der Waals surface area contributed by atoms with Crippen molar-refractivity contribution in [3.8, 4) is 5.75 Å². The third-order valence-electron chi connectivity index (χ3n) is 3.03. The molecule has 94 valence electrons. The van der Waals surface area contributed by atoms with Gasteiger partial charge in [-0.1, -0.05) is 0 Å². The predicted octanol–water partition coefficient (Wildman–Crippen LogP) is 2.46. The highest BCUT2D eigenvalue weighted by Crippen LogP contribution is 2.28. The lowest BCUT2D eigenvalue weighted by Gasteiger charge is -2.36. The summed E-state index contributed by atoms with van der Waals surface area (Å²) in [5, 5.41) is 3.44. The molecule has 1 saturated heterocycles. The molecule has 1 atom stereocenters. The Kier molecular flexibility index (Phi) is 3.52. The molecule has 2 rings (SSSR count). The van der Waals surface area contributed by atoms with E-state index in [4.69, 9.17) is 9.47 Å². The second-order valence-corrected chi connectivity index (χ2v) is 5.00. The van der Waals surface area contributed by atoms with Gasteiger partial charge in [0.1, 0.15) is 0 Å². The quantitative estimate of drug-likeness (QED) is 0.875. The van der Waals surface area contributed by atoms with Crippen molar-refractivity contribution in [2.24, 2.45) is 0 Å². The number of ether oxygens (including phenoxy) is 2. The van der Waals surface area contributed by atoms with Gasteiger partial charge in [-0.2, -0.15) is 0 Å². The van der Waals surface area contributed by atoms with Gasteiger partial charge in [-0.15, -0.1) is 0 Å². The first-order valence-electron chi connectivity index (χ1n) is 6.00. The van der Waals surface area contributed by atoms with Gasteiger partial charge in [0.15, 0.2) is 11.6 Å². The molecule has 0 saturated carbocycles. The summed E-state index contributed by atoms with van der Waals surface area (Å²) in [7, 11) is 1.66. The first-order chi connectivity index (χ1) is 8.11. The van der Waals surface area contributed by atoms with Gasteiger partial charge >= 0.3 is 0 Å². The number of methoxy groups -OCH3 is 1.